The van der Waals surface area contributed by atoms with Crippen molar-refractivity contribution in [3.05, 3.63) is 56.8 Å². The van der Waals surface area contributed by atoms with Gasteiger partial charge in [0.15, 0.2) is 0 Å². The predicted octanol–water partition coefficient (Wildman–Crippen LogP) is 3.94. The van der Waals surface area contributed by atoms with Crippen LogP contribution >= 0.6 is 11.3 Å². The second kappa shape index (κ2) is 5.55. The Morgan fingerprint density at radius 1 is 1.10 bits per heavy atom. The van der Waals surface area contributed by atoms with Gasteiger partial charge in [-0.1, -0.05) is 29.3 Å². The summed E-state index contributed by atoms with van der Waals surface area (Å²) < 4.78 is 39.0. The number of halogens is 3. The van der Waals surface area contributed by atoms with Gasteiger partial charge in [0.05, 0.1) is 11.6 Å². The van der Waals surface area contributed by atoms with E-state index >= 15 is 0 Å². The van der Waals surface area contributed by atoms with Crippen molar-refractivity contribution in [2.24, 2.45) is 5.84 Å². The van der Waals surface area contributed by atoms with Crippen LogP contribution in [0, 0.1) is 13.8 Å². The summed E-state index contributed by atoms with van der Waals surface area (Å²) in [6, 6.07) is 4.98. The summed E-state index contributed by atoms with van der Waals surface area (Å²) >= 11 is 1.02. The molecule has 2 aromatic rings. The monoisotopic (exact) mass is 300 g/mol. The van der Waals surface area contributed by atoms with Crippen molar-refractivity contribution >= 4 is 11.3 Å². The topological polar surface area (TPSA) is 38.0 Å². The number of hydrogen-bond donors (Lipinski definition) is 2. The van der Waals surface area contributed by atoms with Gasteiger partial charge < -0.3 is 0 Å². The predicted molar refractivity (Wildman–Crippen MR) is 74.4 cm³/mol. The summed E-state index contributed by atoms with van der Waals surface area (Å²) in [5.41, 5.74) is 4.73. The highest BCUT2D eigenvalue weighted by atomic mass is 32.1. The molecular formula is C14H15F3N2S. The molecule has 0 radical (unpaired) electrons. The number of alkyl halides is 3. The molecule has 1 aromatic heterocycles. The maximum absolute atomic E-state index is 13.0. The van der Waals surface area contributed by atoms with Crippen molar-refractivity contribution in [3.8, 4) is 0 Å². The number of benzene rings is 1. The first-order chi connectivity index (χ1) is 9.32. The minimum absolute atomic E-state index is 0.162. The lowest BCUT2D eigenvalue weighted by molar-refractivity contribution is -0.138. The molecule has 0 spiro atoms. The summed E-state index contributed by atoms with van der Waals surface area (Å²) in [5, 5.41) is 2.60. The van der Waals surface area contributed by atoms with Gasteiger partial charge in [-0.3, -0.25) is 5.84 Å². The number of rotatable bonds is 3. The second-order valence-electron chi connectivity index (χ2n) is 4.76. The minimum Gasteiger partial charge on any atom is -0.271 e. The van der Waals surface area contributed by atoms with Crippen molar-refractivity contribution in [3.63, 3.8) is 0 Å². The van der Waals surface area contributed by atoms with E-state index in [1.165, 1.54) is 5.38 Å². The molecule has 0 aliphatic heterocycles. The maximum Gasteiger partial charge on any atom is 0.417 e. The van der Waals surface area contributed by atoms with Crippen molar-refractivity contribution in [1.82, 2.24) is 5.43 Å². The van der Waals surface area contributed by atoms with Crippen LogP contribution in [0.2, 0.25) is 0 Å². The molecule has 20 heavy (non-hydrogen) atoms. The SMILES string of the molecule is Cc1cc(C)cc(C(NN)c2cscc2C(F)(F)F)c1. The molecule has 3 N–H and O–H groups in total. The van der Waals surface area contributed by atoms with Crippen LogP contribution in [0.4, 0.5) is 13.2 Å². The summed E-state index contributed by atoms with van der Waals surface area (Å²) in [6.45, 7) is 3.81. The fourth-order valence-electron chi connectivity index (χ4n) is 2.30. The highest BCUT2D eigenvalue weighted by molar-refractivity contribution is 7.08. The van der Waals surface area contributed by atoms with Gasteiger partial charge in [0.2, 0.25) is 0 Å². The quantitative estimate of drug-likeness (QED) is 0.665. The van der Waals surface area contributed by atoms with Gasteiger partial charge in [0, 0.05) is 5.38 Å². The molecule has 0 saturated heterocycles. The zero-order valence-electron chi connectivity index (χ0n) is 11.1. The number of hydrogen-bond acceptors (Lipinski definition) is 3. The van der Waals surface area contributed by atoms with Crippen LogP contribution in [-0.2, 0) is 6.18 Å². The van der Waals surface area contributed by atoms with Crippen LogP contribution in [-0.4, -0.2) is 0 Å². The summed E-state index contributed by atoms with van der Waals surface area (Å²) in [6.07, 6.45) is -4.37. The van der Waals surface area contributed by atoms with E-state index in [9.17, 15) is 13.2 Å². The molecule has 1 atom stereocenters. The fourth-order valence-corrected chi connectivity index (χ4v) is 3.19. The summed E-state index contributed by atoms with van der Waals surface area (Å²) in [4.78, 5) is 0. The Balaban J connectivity index is 2.50. The normalized spacial score (nSPS) is 13.5. The Morgan fingerprint density at radius 3 is 2.20 bits per heavy atom. The highest BCUT2D eigenvalue weighted by Gasteiger charge is 2.36. The fraction of sp³-hybridized carbons (Fsp3) is 0.286. The largest absolute Gasteiger partial charge is 0.417 e. The van der Waals surface area contributed by atoms with E-state index < -0.39 is 17.8 Å². The number of nitrogens with one attached hydrogen (secondary N) is 1. The summed E-state index contributed by atoms with van der Waals surface area (Å²) in [7, 11) is 0. The molecule has 1 heterocycles. The zero-order chi connectivity index (χ0) is 14.9. The average molecular weight is 300 g/mol. The van der Waals surface area contributed by atoms with Crippen LogP contribution < -0.4 is 11.3 Å². The van der Waals surface area contributed by atoms with Crippen molar-refractivity contribution in [1.29, 1.82) is 0 Å². The van der Waals surface area contributed by atoms with E-state index in [4.69, 9.17) is 5.84 Å². The molecular weight excluding hydrogens is 285 g/mol. The summed E-state index contributed by atoms with van der Waals surface area (Å²) in [5.74, 6) is 5.50. The van der Waals surface area contributed by atoms with E-state index in [-0.39, 0.29) is 5.56 Å². The molecule has 2 rings (SSSR count). The third kappa shape index (κ3) is 3.03. The standard InChI is InChI=1S/C14H15F3N2S/c1-8-3-9(2)5-10(4-8)13(19-18)11-6-20-7-12(11)14(15,16)17/h3-7,13,19H,18H2,1-2H3. The number of aryl methyl sites for hydroxylation is 2. The van der Waals surface area contributed by atoms with Gasteiger partial charge in [0.25, 0.3) is 0 Å². The molecule has 2 nitrogen and oxygen atoms in total. The van der Waals surface area contributed by atoms with E-state index in [0.29, 0.717) is 0 Å². The van der Waals surface area contributed by atoms with Gasteiger partial charge in [-0.15, -0.1) is 0 Å². The van der Waals surface area contributed by atoms with Gasteiger partial charge in [0.1, 0.15) is 0 Å². The minimum atomic E-state index is -4.37. The first kappa shape index (κ1) is 15.0. The Morgan fingerprint density at radius 2 is 1.70 bits per heavy atom. The maximum atomic E-state index is 13.0. The van der Waals surface area contributed by atoms with Crippen LogP contribution in [0.25, 0.3) is 0 Å². The van der Waals surface area contributed by atoms with Crippen molar-refractivity contribution in [2.45, 2.75) is 26.1 Å². The Hall–Kier alpha value is -1.37. The molecule has 0 aliphatic carbocycles. The van der Waals surface area contributed by atoms with Gasteiger partial charge in [-0.25, -0.2) is 5.43 Å². The molecule has 1 unspecified atom stereocenters. The lowest BCUT2D eigenvalue weighted by atomic mass is 9.95. The Labute approximate surface area is 119 Å². The first-order valence-electron chi connectivity index (χ1n) is 6.00. The van der Waals surface area contributed by atoms with Gasteiger partial charge in [-0.05, 0) is 30.4 Å². The molecule has 1 aromatic carbocycles. The van der Waals surface area contributed by atoms with Crippen LogP contribution in [0.1, 0.15) is 33.9 Å². The first-order valence-corrected chi connectivity index (χ1v) is 6.95. The number of nitrogens with two attached hydrogens (primary N) is 1. The Bertz CT molecular complexity index is 584. The smallest absolute Gasteiger partial charge is 0.271 e. The molecule has 0 amide bonds. The zero-order valence-corrected chi connectivity index (χ0v) is 11.9. The third-order valence-corrected chi connectivity index (χ3v) is 3.81. The van der Waals surface area contributed by atoms with E-state index in [1.807, 2.05) is 32.0 Å². The van der Waals surface area contributed by atoms with Gasteiger partial charge in [-0.2, -0.15) is 24.5 Å². The molecule has 0 bridgehead atoms. The van der Waals surface area contributed by atoms with Crippen molar-refractivity contribution < 1.29 is 13.2 Å². The second-order valence-corrected chi connectivity index (χ2v) is 5.50. The number of thiophene rings is 1. The lowest BCUT2D eigenvalue weighted by Crippen LogP contribution is -2.30. The van der Waals surface area contributed by atoms with E-state index in [1.54, 1.807) is 0 Å². The van der Waals surface area contributed by atoms with Gasteiger partial charge >= 0.3 is 6.18 Å². The lowest BCUT2D eigenvalue weighted by Gasteiger charge is -2.19. The van der Waals surface area contributed by atoms with E-state index in [0.717, 1.165) is 33.4 Å². The molecule has 0 saturated carbocycles. The highest BCUT2D eigenvalue weighted by Crippen LogP contribution is 2.38. The van der Waals surface area contributed by atoms with Crippen molar-refractivity contribution in [2.75, 3.05) is 0 Å². The Kier molecular flexibility index (Phi) is 4.17. The molecule has 108 valence electrons. The van der Waals surface area contributed by atoms with E-state index in [2.05, 4.69) is 5.43 Å². The number of hydrazine groups is 1. The van der Waals surface area contributed by atoms with Crippen LogP contribution in [0.15, 0.2) is 29.0 Å². The molecule has 0 fully saturated rings. The third-order valence-electron chi connectivity index (χ3n) is 3.05. The van der Waals surface area contributed by atoms with Crippen LogP contribution in [0.3, 0.4) is 0 Å². The van der Waals surface area contributed by atoms with Crippen LogP contribution in [0.5, 0.6) is 0 Å². The molecule has 6 heteroatoms. The average Bonchev–Trinajstić information content (AvgIpc) is 2.77. The molecule has 0 aliphatic rings.